The minimum absolute atomic E-state index is 0.273. The van der Waals surface area contributed by atoms with Crippen LogP contribution in [0.25, 0.3) is 0 Å². The highest BCUT2D eigenvalue weighted by atomic mass is 79.9. The number of hydrogen-bond donors (Lipinski definition) is 1. The Morgan fingerprint density at radius 3 is 2.50 bits per heavy atom. The molecule has 0 unspecified atom stereocenters. The lowest BCUT2D eigenvalue weighted by atomic mass is 10.2. The molecule has 0 radical (unpaired) electrons. The Bertz CT molecular complexity index is 340. The first kappa shape index (κ1) is 9.12. The van der Waals surface area contributed by atoms with Crippen LogP contribution in [0.15, 0.2) is 16.6 Å². The Balaban J connectivity index is 3.37. The summed E-state index contributed by atoms with van der Waals surface area (Å²) < 4.78 is 25.6. The molecule has 0 bridgehead atoms. The number of halogens is 3. The molecule has 1 aromatic rings. The highest BCUT2D eigenvalue weighted by molar-refractivity contribution is 9.10. The molecule has 0 saturated carbocycles. The summed E-state index contributed by atoms with van der Waals surface area (Å²) in [5, 5.41) is 0. The fraction of sp³-hybridized carbons (Fsp3) is 0. The molecule has 0 aromatic heterocycles. The first-order chi connectivity index (χ1) is 5.52. The lowest BCUT2D eigenvalue weighted by Crippen LogP contribution is -2.14. The van der Waals surface area contributed by atoms with Crippen molar-refractivity contribution in [3.63, 3.8) is 0 Å². The highest BCUT2D eigenvalue weighted by Crippen LogP contribution is 2.18. The summed E-state index contributed by atoms with van der Waals surface area (Å²) in [6.07, 6.45) is 0. The molecule has 0 aliphatic carbocycles. The maximum absolute atomic E-state index is 12.7. The maximum Gasteiger partial charge on any atom is 0.251 e. The Hall–Kier alpha value is -0.970. The molecule has 0 heterocycles. The third kappa shape index (κ3) is 1.61. The topological polar surface area (TPSA) is 43.1 Å². The first-order valence-electron chi connectivity index (χ1n) is 2.96. The van der Waals surface area contributed by atoms with Crippen molar-refractivity contribution in [2.75, 3.05) is 0 Å². The second kappa shape index (κ2) is 3.18. The van der Waals surface area contributed by atoms with Gasteiger partial charge in [0.15, 0.2) is 11.6 Å². The van der Waals surface area contributed by atoms with Crippen LogP contribution in [-0.2, 0) is 0 Å². The molecule has 12 heavy (non-hydrogen) atoms. The van der Waals surface area contributed by atoms with E-state index in [-0.39, 0.29) is 4.47 Å². The van der Waals surface area contributed by atoms with E-state index in [0.717, 1.165) is 12.1 Å². The molecule has 1 aromatic carbocycles. The Kier molecular flexibility index (Phi) is 2.42. The number of primary amides is 1. The number of hydrogen-bond acceptors (Lipinski definition) is 1. The molecule has 0 aliphatic rings. The van der Waals surface area contributed by atoms with Crippen LogP contribution in [0.5, 0.6) is 0 Å². The zero-order valence-corrected chi connectivity index (χ0v) is 7.36. The molecule has 1 rings (SSSR count). The second-order valence-corrected chi connectivity index (χ2v) is 3.03. The van der Waals surface area contributed by atoms with Gasteiger partial charge in [0.1, 0.15) is 0 Å². The van der Waals surface area contributed by atoms with E-state index in [4.69, 9.17) is 5.73 Å². The van der Waals surface area contributed by atoms with Crippen LogP contribution in [0, 0.1) is 11.6 Å². The van der Waals surface area contributed by atoms with E-state index < -0.39 is 23.1 Å². The number of rotatable bonds is 1. The number of nitrogens with two attached hydrogens (primary N) is 1. The van der Waals surface area contributed by atoms with Gasteiger partial charge in [0.2, 0.25) is 0 Å². The molecule has 0 aliphatic heterocycles. The van der Waals surface area contributed by atoms with Crippen molar-refractivity contribution in [3.8, 4) is 0 Å². The highest BCUT2D eigenvalue weighted by Gasteiger charge is 2.13. The summed E-state index contributed by atoms with van der Waals surface area (Å²) in [5.74, 6) is -3.31. The van der Waals surface area contributed by atoms with Gasteiger partial charge in [0.25, 0.3) is 5.91 Å². The van der Waals surface area contributed by atoms with E-state index in [1.54, 1.807) is 0 Å². The van der Waals surface area contributed by atoms with Gasteiger partial charge in [-0.2, -0.15) is 0 Å². The van der Waals surface area contributed by atoms with Crippen molar-refractivity contribution in [2.45, 2.75) is 0 Å². The number of benzene rings is 1. The summed E-state index contributed by atoms with van der Waals surface area (Å²) in [4.78, 5) is 10.5. The van der Waals surface area contributed by atoms with Gasteiger partial charge in [-0.3, -0.25) is 4.79 Å². The molecule has 1 amide bonds. The quantitative estimate of drug-likeness (QED) is 0.742. The molecule has 0 saturated heterocycles. The van der Waals surface area contributed by atoms with E-state index in [1.165, 1.54) is 0 Å². The zero-order chi connectivity index (χ0) is 9.30. The summed E-state index contributed by atoms with van der Waals surface area (Å²) in [7, 11) is 0. The lowest BCUT2D eigenvalue weighted by molar-refractivity contribution is 0.0995. The van der Waals surface area contributed by atoms with Gasteiger partial charge in [-0.25, -0.2) is 8.78 Å². The van der Waals surface area contributed by atoms with Gasteiger partial charge < -0.3 is 5.73 Å². The number of carbonyl (C=O) groups is 1. The molecule has 0 atom stereocenters. The summed E-state index contributed by atoms with van der Waals surface area (Å²) in [6, 6.07) is 2.04. The Morgan fingerprint density at radius 2 is 2.00 bits per heavy atom. The predicted molar refractivity (Wildman–Crippen MR) is 42.6 cm³/mol. The van der Waals surface area contributed by atoms with Gasteiger partial charge in [-0.05, 0) is 12.1 Å². The zero-order valence-electron chi connectivity index (χ0n) is 5.77. The summed E-state index contributed by atoms with van der Waals surface area (Å²) >= 11 is 2.90. The van der Waals surface area contributed by atoms with Crippen molar-refractivity contribution in [1.29, 1.82) is 0 Å². The minimum Gasteiger partial charge on any atom is -0.366 e. The van der Waals surface area contributed by atoms with Crippen LogP contribution < -0.4 is 5.73 Å². The van der Waals surface area contributed by atoms with Crippen molar-refractivity contribution in [1.82, 2.24) is 0 Å². The van der Waals surface area contributed by atoms with E-state index in [9.17, 15) is 13.6 Å². The SMILES string of the molecule is NC(=O)c1cc(Br)cc(F)c1F. The van der Waals surface area contributed by atoms with Crippen LogP contribution in [0.1, 0.15) is 10.4 Å². The average molecular weight is 236 g/mol. The van der Waals surface area contributed by atoms with Crippen molar-refractivity contribution in [2.24, 2.45) is 5.73 Å². The maximum atomic E-state index is 12.7. The van der Waals surface area contributed by atoms with Crippen molar-refractivity contribution >= 4 is 21.8 Å². The van der Waals surface area contributed by atoms with Gasteiger partial charge in [-0.15, -0.1) is 0 Å². The summed E-state index contributed by atoms with van der Waals surface area (Å²) in [5.41, 5.74) is 4.33. The number of amides is 1. The van der Waals surface area contributed by atoms with E-state index in [0.29, 0.717) is 0 Å². The van der Waals surface area contributed by atoms with Crippen LogP contribution in [0.2, 0.25) is 0 Å². The largest absolute Gasteiger partial charge is 0.366 e. The lowest BCUT2D eigenvalue weighted by Gasteiger charge is -1.99. The van der Waals surface area contributed by atoms with Crippen LogP contribution in [0.3, 0.4) is 0 Å². The average Bonchev–Trinajstić information content (AvgIpc) is 1.96. The fourth-order valence-corrected chi connectivity index (χ4v) is 1.17. The molecular formula is C7H4BrF2NO. The second-order valence-electron chi connectivity index (χ2n) is 2.11. The molecule has 64 valence electrons. The molecule has 0 spiro atoms. The predicted octanol–water partition coefficient (Wildman–Crippen LogP) is 1.83. The van der Waals surface area contributed by atoms with E-state index >= 15 is 0 Å². The Morgan fingerprint density at radius 1 is 1.42 bits per heavy atom. The normalized spacial score (nSPS) is 9.92. The third-order valence-electron chi connectivity index (χ3n) is 1.26. The van der Waals surface area contributed by atoms with Gasteiger partial charge in [0.05, 0.1) is 5.56 Å². The third-order valence-corrected chi connectivity index (χ3v) is 1.72. The molecule has 0 fully saturated rings. The molecule has 2 N–H and O–H groups in total. The minimum atomic E-state index is -1.22. The first-order valence-corrected chi connectivity index (χ1v) is 3.76. The van der Waals surface area contributed by atoms with Crippen LogP contribution >= 0.6 is 15.9 Å². The molecule has 2 nitrogen and oxygen atoms in total. The summed E-state index contributed by atoms with van der Waals surface area (Å²) in [6.45, 7) is 0. The Labute approximate surface area is 75.5 Å². The van der Waals surface area contributed by atoms with Gasteiger partial charge in [0, 0.05) is 4.47 Å². The monoisotopic (exact) mass is 235 g/mol. The van der Waals surface area contributed by atoms with Crippen LogP contribution in [0.4, 0.5) is 8.78 Å². The van der Waals surface area contributed by atoms with E-state index in [1.807, 2.05) is 0 Å². The smallest absolute Gasteiger partial charge is 0.251 e. The van der Waals surface area contributed by atoms with Gasteiger partial charge >= 0.3 is 0 Å². The van der Waals surface area contributed by atoms with Crippen LogP contribution in [-0.4, -0.2) is 5.91 Å². The standard InChI is InChI=1S/C7H4BrF2NO/c8-3-1-4(7(11)12)6(10)5(9)2-3/h1-2H,(H2,11,12). The van der Waals surface area contributed by atoms with Crippen molar-refractivity contribution < 1.29 is 13.6 Å². The van der Waals surface area contributed by atoms with Crippen molar-refractivity contribution in [3.05, 3.63) is 33.8 Å². The fourth-order valence-electron chi connectivity index (χ4n) is 0.735. The molecular weight excluding hydrogens is 232 g/mol. The molecule has 5 heteroatoms. The number of carbonyl (C=O) groups excluding carboxylic acids is 1. The van der Waals surface area contributed by atoms with E-state index in [2.05, 4.69) is 15.9 Å². The van der Waals surface area contributed by atoms with Gasteiger partial charge in [-0.1, -0.05) is 15.9 Å².